The van der Waals surface area contributed by atoms with Crippen molar-refractivity contribution in [3.05, 3.63) is 54.0 Å². The summed E-state index contributed by atoms with van der Waals surface area (Å²) in [5.74, 6) is 0.824. The van der Waals surface area contributed by atoms with E-state index in [4.69, 9.17) is 4.42 Å². The van der Waals surface area contributed by atoms with Gasteiger partial charge in [0.25, 0.3) is 0 Å². The molecule has 1 aliphatic heterocycles. The summed E-state index contributed by atoms with van der Waals surface area (Å²) in [4.78, 5) is 18.6. The topological polar surface area (TPSA) is 104 Å². The summed E-state index contributed by atoms with van der Waals surface area (Å²) >= 11 is 0. The first-order chi connectivity index (χ1) is 14.5. The van der Waals surface area contributed by atoms with Crippen molar-refractivity contribution in [2.75, 3.05) is 39.1 Å². The van der Waals surface area contributed by atoms with Crippen molar-refractivity contribution in [3.63, 3.8) is 0 Å². The number of hydrogen-bond acceptors (Lipinski definition) is 7. The monoisotopic (exact) mass is 432 g/mol. The van der Waals surface area contributed by atoms with Gasteiger partial charge in [0.1, 0.15) is 22.9 Å². The van der Waals surface area contributed by atoms with Gasteiger partial charge in [-0.1, -0.05) is 24.3 Å². The Hall–Kier alpha value is -2.65. The van der Waals surface area contributed by atoms with Gasteiger partial charge in [-0.15, -0.1) is 0 Å². The zero-order valence-corrected chi connectivity index (χ0v) is 18.0. The predicted octanol–water partition coefficient (Wildman–Crippen LogP) is 1.43. The Morgan fingerprint density at radius 3 is 2.73 bits per heavy atom. The lowest BCUT2D eigenvalue weighted by atomic mass is 10.1. The van der Waals surface area contributed by atoms with Gasteiger partial charge >= 0.3 is 0 Å². The van der Waals surface area contributed by atoms with Crippen LogP contribution < -0.4 is 10.6 Å². The molecule has 2 heterocycles. The average Bonchev–Trinajstić information content (AvgIpc) is 3.46. The number of rotatable bonds is 11. The van der Waals surface area contributed by atoms with Crippen LogP contribution in [0.4, 0.5) is 0 Å². The summed E-state index contributed by atoms with van der Waals surface area (Å²) in [7, 11) is -1.60. The van der Waals surface area contributed by atoms with Crippen LogP contribution in [0.1, 0.15) is 24.0 Å². The maximum atomic E-state index is 12.3. The van der Waals surface area contributed by atoms with Gasteiger partial charge < -0.3 is 20.0 Å². The van der Waals surface area contributed by atoms with E-state index in [1.165, 1.54) is 24.2 Å². The van der Waals surface area contributed by atoms with Crippen molar-refractivity contribution in [2.24, 2.45) is 4.99 Å². The summed E-state index contributed by atoms with van der Waals surface area (Å²) in [6.45, 7) is 2.80. The molecule has 1 aromatic heterocycles. The van der Waals surface area contributed by atoms with Crippen molar-refractivity contribution in [2.45, 2.75) is 24.2 Å². The number of benzene rings is 1. The molecular weight excluding hydrogens is 404 g/mol. The van der Waals surface area contributed by atoms with Gasteiger partial charge in [-0.05, 0) is 31.0 Å². The maximum Gasteiger partial charge on any atom is 0.222 e. The van der Waals surface area contributed by atoms with E-state index in [9.17, 15) is 13.2 Å². The maximum absolute atomic E-state index is 12.3. The number of amidine groups is 1. The Balaban J connectivity index is 1.33. The molecule has 0 saturated carbocycles. The minimum absolute atomic E-state index is 0.0515. The largest absolute Gasteiger partial charge is 0.471 e. The Bertz CT molecular complexity index is 953. The van der Waals surface area contributed by atoms with Crippen molar-refractivity contribution >= 4 is 21.6 Å². The number of furan rings is 1. The lowest BCUT2D eigenvalue weighted by molar-refractivity contribution is -0.129. The third kappa shape index (κ3) is 6.17. The minimum atomic E-state index is -3.39. The normalized spacial score (nSPS) is 13.7. The van der Waals surface area contributed by atoms with Crippen LogP contribution in [0.15, 0.2) is 57.2 Å². The first kappa shape index (κ1) is 22.0. The number of nitrogens with one attached hydrogen (secondary N) is 2. The van der Waals surface area contributed by atoms with Crippen LogP contribution >= 0.6 is 0 Å². The van der Waals surface area contributed by atoms with Gasteiger partial charge in [-0.2, -0.15) is 0 Å². The second-order valence-corrected chi connectivity index (χ2v) is 9.23. The molecule has 2 aromatic rings. The summed E-state index contributed by atoms with van der Waals surface area (Å²) in [6.07, 6.45) is 4.28. The molecule has 0 bridgehead atoms. The fraction of sp³-hybridized carbons (Fsp3) is 0.429. The smallest absolute Gasteiger partial charge is 0.222 e. The van der Waals surface area contributed by atoms with Gasteiger partial charge in [-0.3, -0.25) is 9.79 Å². The fourth-order valence-corrected chi connectivity index (χ4v) is 4.16. The first-order valence-corrected chi connectivity index (χ1v) is 11.7. The van der Waals surface area contributed by atoms with Gasteiger partial charge in [0.2, 0.25) is 5.91 Å². The molecule has 0 atom stereocenters. The van der Waals surface area contributed by atoms with Crippen LogP contribution in [0.3, 0.4) is 0 Å². The van der Waals surface area contributed by atoms with E-state index in [1.807, 2.05) is 0 Å². The molecule has 162 valence electrons. The number of nitrogens with zero attached hydrogens (tertiary/aromatic N) is 2. The summed E-state index contributed by atoms with van der Waals surface area (Å²) in [5, 5.41) is 6.13. The third-order valence-corrected chi connectivity index (χ3v) is 6.49. The van der Waals surface area contributed by atoms with E-state index >= 15 is 0 Å². The van der Waals surface area contributed by atoms with Crippen molar-refractivity contribution in [3.8, 4) is 0 Å². The molecule has 0 unspecified atom stereocenters. The SMILES string of the molecule is CN(CCc1ccc(C2=NCCN2)cc1)C(=O)CCCNCS(=O)(=O)c1ccoc1. The van der Waals surface area contributed by atoms with Crippen LogP contribution in [0.25, 0.3) is 0 Å². The molecule has 0 spiro atoms. The van der Waals surface area contributed by atoms with Gasteiger partial charge in [0.05, 0.1) is 12.8 Å². The molecule has 2 N–H and O–H groups in total. The molecule has 0 fully saturated rings. The minimum Gasteiger partial charge on any atom is -0.471 e. The lowest BCUT2D eigenvalue weighted by Gasteiger charge is -2.17. The van der Waals surface area contributed by atoms with Crippen LogP contribution in [0.2, 0.25) is 0 Å². The van der Waals surface area contributed by atoms with Gasteiger partial charge in [0.15, 0.2) is 9.84 Å². The summed E-state index contributed by atoms with van der Waals surface area (Å²) in [6, 6.07) is 9.67. The number of carbonyl (C=O) groups is 1. The molecule has 0 radical (unpaired) electrons. The Morgan fingerprint density at radius 2 is 2.07 bits per heavy atom. The quantitative estimate of drug-likeness (QED) is 0.521. The average molecular weight is 433 g/mol. The molecule has 8 nitrogen and oxygen atoms in total. The molecule has 1 amide bonds. The Labute approximate surface area is 177 Å². The zero-order valence-electron chi connectivity index (χ0n) is 17.1. The lowest BCUT2D eigenvalue weighted by Crippen LogP contribution is -2.30. The van der Waals surface area contributed by atoms with E-state index in [-0.39, 0.29) is 16.7 Å². The standard InChI is InChI=1S/C21H28N4O4S/c1-25(13-8-17-4-6-18(7-5-17)21-23-11-12-24-21)20(26)3-2-10-22-16-30(27,28)19-9-14-29-15-19/h4-7,9,14-15,22H,2-3,8,10-13,16H2,1H3,(H,23,24). The molecule has 0 saturated heterocycles. The number of likely N-dealkylation sites (N-methyl/N-ethyl adjacent to an activating group) is 1. The number of hydrogen-bond donors (Lipinski definition) is 2. The Kier molecular flexibility index (Phi) is 7.64. The molecule has 9 heteroatoms. The van der Waals surface area contributed by atoms with Crippen LogP contribution in [0.5, 0.6) is 0 Å². The molecule has 1 aliphatic rings. The van der Waals surface area contributed by atoms with Crippen molar-refractivity contribution < 1.29 is 17.6 Å². The van der Waals surface area contributed by atoms with E-state index in [2.05, 4.69) is 39.9 Å². The van der Waals surface area contributed by atoms with Crippen LogP contribution in [-0.2, 0) is 21.1 Å². The fourth-order valence-electron chi connectivity index (χ4n) is 3.12. The van der Waals surface area contributed by atoms with Gasteiger partial charge in [0, 0.05) is 32.1 Å². The second kappa shape index (κ2) is 10.4. The molecule has 3 rings (SSSR count). The summed E-state index contributed by atoms with van der Waals surface area (Å²) in [5.41, 5.74) is 2.26. The highest BCUT2D eigenvalue weighted by molar-refractivity contribution is 7.91. The van der Waals surface area contributed by atoms with Gasteiger partial charge in [-0.25, -0.2) is 8.42 Å². The van der Waals surface area contributed by atoms with Crippen LogP contribution in [-0.4, -0.2) is 64.2 Å². The number of aliphatic imine (C=N–C) groups is 1. The van der Waals surface area contributed by atoms with E-state index in [0.29, 0.717) is 25.9 Å². The van der Waals surface area contributed by atoms with Crippen LogP contribution in [0, 0.1) is 0 Å². The molecule has 1 aromatic carbocycles. The van der Waals surface area contributed by atoms with E-state index < -0.39 is 9.84 Å². The third-order valence-electron chi connectivity index (χ3n) is 4.95. The van der Waals surface area contributed by atoms with E-state index in [1.54, 1.807) is 11.9 Å². The number of amides is 1. The highest BCUT2D eigenvalue weighted by Crippen LogP contribution is 2.10. The highest BCUT2D eigenvalue weighted by Gasteiger charge is 2.15. The predicted molar refractivity (Wildman–Crippen MR) is 115 cm³/mol. The Morgan fingerprint density at radius 1 is 1.27 bits per heavy atom. The summed E-state index contributed by atoms with van der Waals surface area (Å²) < 4.78 is 28.8. The zero-order chi connectivity index (χ0) is 21.4. The van der Waals surface area contributed by atoms with Crippen molar-refractivity contribution in [1.82, 2.24) is 15.5 Å². The van der Waals surface area contributed by atoms with Crippen molar-refractivity contribution in [1.29, 1.82) is 0 Å². The van der Waals surface area contributed by atoms with E-state index in [0.717, 1.165) is 30.9 Å². The molecule has 0 aliphatic carbocycles. The second-order valence-electron chi connectivity index (χ2n) is 7.24. The molecular formula is C21H28N4O4S. The number of carbonyl (C=O) groups excluding carboxylic acids is 1. The highest BCUT2D eigenvalue weighted by atomic mass is 32.2. The number of sulfone groups is 1. The first-order valence-electron chi connectivity index (χ1n) is 10.0. The molecule has 30 heavy (non-hydrogen) atoms.